The van der Waals surface area contributed by atoms with E-state index >= 15 is 0 Å². The number of piperidine rings is 1. The summed E-state index contributed by atoms with van der Waals surface area (Å²) >= 11 is 6.93. The van der Waals surface area contributed by atoms with E-state index in [0.29, 0.717) is 5.92 Å². The maximum absolute atomic E-state index is 5.82. The van der Waals surface area contributed by atoms with Crippen LogP contribution in [-0.4, -0.2) is 19.7 Å². The van der Waals surface area contributed by atoms with Crippen LogP contribution in [-0.2, 0) is 0 Å². The van der Waals surface area contributed by atoms with Gasteiger partial charge in [-0.05, 0) is 53.5 Å². The quantitative estimate of drug-likeness (QED) is 0.849. The molecular formula is C12H16Br2ClNO. The van der Waals surface area contributed by atoms with Gasteiger partial charge in [-0.15, -0.1) is 12.4 Å². The van der Waals surface area contributed by atoms with Gasteiger partial charge in [-0.25, -0.2) is 0 Å². The first kappa shape index (κ1) is 15.3. The third kappa shape index (κ3) is 4.78. The van der Waals surface area contributed by atoms with Crippen LogP contribution in [0.2, 0.25) is 0 Å². The zero-order valence-electron chi connectivity index (χ0n) is 9.42. The average molecular weight is 386 g/mol. The summed E-state index contributed by atoms with van der Waals surface area (Å²) in [4.78, 5) is 0. The lowest BCUT2D eigenvalue weighted by molar-refractivity contribution is 0.217. The number of rotatable bonds is 3. The largest absolute Gasteiger partial charge is 0.492 e. The predicted octanol–water partition coefficient (Wildman–Crippen LogP) is 4.01. The Morgan fingerprint density at radius 2 is 2.18 bits per heavy atom. The third-order valence-corrected chi connectivity index (χ3v) is 3.88. The second-order valence-corrected chi connectivity index (χ2v) is 5.87. The van der Waals surface area contributed by atoms with Gasteiger partial charge in [-0.1, -0.05) is 15.9 Å². The molecule has 2 rings (SSSR count). The topological polar surface area (TPSA) is 21.3 Å². The van der Waals surface area contributed by atoms with E-state index in [1.54, 1.807) is 0 Å². The molecule has 1 aliphatic rings. The zero-order valence-corrected chi connectivity index (χ0v) is 13.4. The van der Waals surface area contributed by atoms with Crippen molar-refractivity contribution in [3.8, 4) is 5.75 Å². The molecule has 1 saturated heterocycles. The van der Waals surface area contributed by atoms with Crippen molar-refractivity contribution in [3.63, 3.8) is 0 Å². The molecule has 1 aliphatic heterocycles. The first-order chi connectivity index (χ1) is 7.75. The fourth-order valence-electron chi connectivity index (χ4n) is 1.87. The van der Waals surface area contributed by atoms with Gasteiger partial charge < -0.3 is 10.1 Å². The van der Waals surface area contributed by atoms with Gasteiger partial charge in [0.2, 0.25) is 0 Å². The Labute approximate surface area is 125 Å². The van der Waals surface area contributed by atoms with Crippen LogP contribution >= 0.6 is 44.3 Å². The molecule has 1 heterocycles. The molecule has 0 aromatic heterocycles. The molecule has 2 nitrogen and oxygen atoms in total. The molecule has 0 radical (unpaired) electrons. The van der Waals surface area contributed by atoms with E-state index in [0.717, 1.165) is 34.4 Å². The molecule has 1 N–H and O–H groups in total. The van der Waals surface area contributed by atoms with Crippen LogP contribution in [0.25, 0.3) is 0 Å². The lowest BCUT2D eigenvalue weighted by atomic mass is 10.0. The zero-order chi connectivity index (χ0) is 11.4. The van der Waals surface area contributed by atoms with Crippen molar-refractivity contribution in [1.82, 2.24) is 5.32 Å². The summed E-state index contributed by atoms with van der Waals surface area (Å²) in [5, 5.41) is 3.40. The molecule has 1 atom stereocenters. The van der Waals surface area contributed by atoms with Crippen molar-refractivity contribution >= 4 is 44.3 Å². The summed E-state index contributed by atoms with van der Waals surface area (Å²) < 4.78 is 7.89. The Bertz CT molecular complexity index is 356. The van der Waals surface area contributed by atoms with Crippen LogP contribution in [0.3, 0.4) is 0 Å². The summed E-state index contributed by atoms with van der Waals surface area (Å²) in [6.45, 7) is 3.03. The van der Waals surface area contributed by atoms with Crippen LogP contribution in [0.1, 0.15) is 12.8 Å². The highest BCUT2D eigenvalue weighted by Gasteiger charge is 2.14. The highest BCUT2D eigenvalue weighted by Crippen LogP contribution is 2.28. The molecule has 0 aliphatic carbocycles. The first-order valence-corrected chi connectivity index (χ1v) is 7.13. The minimum Gasteiger partial charge on any atom is -0.492 e. The molecule has 96 valence electrons. The molecule has 0 amide bonds. The van der Waals surface area contributed by atoms with Gasteiger partial charge in [0, 0.05) is 16.9 Å². The van der Waals surface area contributed by atoms with Gasteiger partial charge in [0.25, 0.3) is 0 Å². The molecular weight excluding hydrogens is 369 g/mol. The monoisotopic (exact) mass is 383 g/mol. The molecule has 0 spiro atoms. The van der Waals surface area contributed by atoms with Gasteiger partial charge in [0.1, 0.15) is 5.75 Å². The Balaban J connectivity index is 0.00000144. The molecule has 17 heavy (non-hydrogen) atoms. The van der Waals surface area contributed by atoms with E-state index in [1.807, 2.05) is 18.2 Å². The van der Waals surface area contributed by atoms with Crippen molar-refractivity contribution in [3.05, 3.63) is 27.1 Å². The average Bonchev–Trinajstić information content (AvgIpc) is 2.29. The van der Waals surface area contributed by atoms with Gasteiger partial charge in [-0.3, -0.25) is 0 Å². The highest BCUT2D eigenvalue weighted by molar-refractivity contribution is 9.11. The Kier molecular flexibility index (Phi) is 6.85. The Morgan fingerprint density at radius 1 is 1.35 bits per heavy atom. The van der Waals surface area contributed by atoms with Crippen LogP contribution in [0.15, 0.2) is 27.1 Å². The van der Waals surface area contributed by atoms with E-state index in [-0.39, 0.29) is 12.4 Å². The van der Waals surface area contributed by atoms with E-state index in [9.17, 15) is 0 Å². The summed E-state index contributed by atoms with van der Waals surface area (Å²) in [6.07, 6.45) is 2.52. The third-order valence-electron chi connectivity index (χ3n) is 2.77. The van der Waals surface area contributed by atoms with E-state index in [2.05, 4.69) is 37.2 Å². The second kappa shape index (κ2) is 7.62. The summed E-state index contributed by atoms with van der Waals surface area (Å²) in [5.41, 5.74) is 0. The normalized spacial score (nSPS) is 19.5. The minimum absolute atomic E-state index is 0. The molecule has 5 heteroatoms. The minimum atomic E-state index is 0. The smallest absolute Gasteiger partial charge is 0.133 e. The van der Waals surface area contributed by atoms with E-state index < -0.39 is 0 Å². The standard InChI is InChI=1S/C12H15Br2NO.ClH/c13-10-3-4-12(11(14)6-10)16-8-9-2-1-5-15-7-9;/h3-4,6,9,15H,1-2,5,7-8H2;1H. The SMILES string of the molecule is Brc1ccc(OCC2CCCNC2)c(Br)c1.Cl. The number of ether oxygens (including phenoxy) is 1. The van der Waals surface area contributed by atoms with Crippen molar-refractivity contribution in [2.75, 3.05) is 19.7 Å². The number of hydrogen-bond acceptors (Lipinski definition) is 2. The molecule has 1 unspecified atom stereocenters. The Hall–Kier alpha value is 0.230. The molecule has 1 aromatic rings. The van der Waals surface area contributed by atoms with Crippen LogP contribution in [0.4, 0.5) is 0 Å². The first-order valence-electron chi connectivity index (χ1n) is 5.54. The van der Waals surface area contributed by atoms with E-state index in [1.165, 1.54) is 12.8 Å². The maximum Gasteiger partial charge on any atom is 0.133 e. The van der Waals surface area contributed by atoms with Gasteiger partial charge in [0.05, 0.1) is 11.1 Å². The number of benzene rings is 1. The lowest BCUT2D eigenvalue weighted by Gasteiger charge is -2.23. The number of hydrogen-bond donors (Lipinski definition) is 1. The number of halogens is 3. The van der Waals surface area contributed by atoms with Gasteiger partial charge in [-0.2, -0.15) is 0 Å². The van der Waals surface area contributed by atoms with Crippen LogP contribution in [0, 0.1) is 5.92 Å². The second-order valence-electron chi connectivity index (χ2n) is 4.10. The van der Waals surface area contributed by atoms with Crippen molar-refractivity contribution in [2.24, 2.45) is 5.92 Å². The molecule has 1 fully saturated rings. The number of nitrogens with one attached hydrogen (secondary N) is 1. The fraction of sp³-hybridized carbons (Fsp3) is 0.500. The van der Waals surface area contributed by atoms with Gasteiger partial charge >= 0.3 is 0 Å². The fourth-order valence-corrected chi connectivity index (χ4v) is 3.03. The predicted molar refractivity (Wildman–Crippen MR) is 80.2 cm³/mol. The Morgan fingerprint density at radius 3 is 2.82 bits per heavy atom. The van der Waals surface area contributed by atoms with E-state index in [4.69, 9.17) is 4.74 Å². The highest BCUT2D eigenvalue weighted by atomic mass is 79.9. The summed E-state index contributed by atoms with van der Waals surface area (Å²) in [5.74, 6) is 1.57. The molecule has 0 saturated carbocycles. The van der Waals surface area contributed by atoms with Crippen LogP contribution in [0.5, 0.6) is 5.75 Å². The summed E-state index contributed by atoms with van der Waals surface area (Å²) in [7, 11) is 0. The van der Waals surface area contributed by atoms with Crippen molar-refractivity contribution in [2.45, 2.75) is 12.8 Å². The van der Waals surface area contributed by atoms with Gasteiger partial charge in [0.15, 0.2) is 0 Å². The van der Waals surface area contributed by atoms with Crippen LogP contribution < -0.4 is 10.1 Å². The maximum atomic E-state index is 5.82. The van der Waals surface area contributed by atoms with Crippen molar-refractivity contribution in [1.29, 1.82) is 0 Å². The molecule has 1 aromatic carbocycles. The molecule has 0 bridgehead atoms. The van der Waals surface area contributed by atoms with Crippen molar-refractivity contribution < 1.29 is 4.74 Å². The summed E-state index contributed by atoms with van der Waals surface area (Å²) in [6, 6.07) is 6.00. The lowest BCUT2D eigenvalue weighted by Crippen LogP contribution is -2.33.